The summed E-state index contributed by atoms with van der Waals surface area (Å²) in [4.78, 5) is 5.86. The van der Waals surface area contributed by atoms with Crippen molar-refractivity contribution in [3.05, 3.63) is 63.2 Å². The van der Waals surface area contributed by atoms with E-state index in [9.17, 15) is 0 Å². The van der Waals surface area contributed by atoms with Gasteiger partial charge in [-0.05, 0) is 35.7 Å². The molecule has 0 bridgehead atoms. The van der Waals surface area contributed by atoms with Crippen molar-refractivity contribution < 1.29 is 4.74 Å². The van der Waals surface area contributed by atoms with Gasteiger partial charge < -0.3 is 9.30 Å². The Morgan fingerprint density at radius 3 is 2.52 bits per heavy atom. The van der Waals surface area contributed by atoms with Gasteiger partial charge in [-0.2, -0.15) is 0 Å². The highest BCUT2D eigenvalue weighted by Gasteiger charge is 2.10. The van der Waals surface area contributed by atoms with E-state index in [0.29, 0.717) is 5.92 Å². The van der Waals surface area contributed by atoms with Crippen LogP contribution in [0.25, 0.3) is 11.3 Å². The van der Waals surface area contributed by atoms with E-state index < -0.39 is 0 Å². The number of para-hydroxylation sites is 2. The Labute approximate surface area is 160 Å². The van der Waals surface area contributed by atoms with Crippen LogP contribution in [0.3, 0.4) is 0 Å². The third kappa shape index (κ3) is 4.22. The molecule has 3 rings (SSSR count). The molecule has 0 unspecified atom stereocenters. The second-order valence-corrected chi connectivity index (χ2v) is 7.95. The van der Waals surface area contributed by atoms with Gasteiger partial charge in [-0.3, -0.25) is 0 Å². The summed E-state index contributed by atoms with van der Waals surface area (Å²) in [5.74, 6) is 1.32. The first kappa shape index (κ1) is 18.0. The first-order valence-electron chi connectivity index (χ1n) is 8.20. The molecule has 0 N–H and O–H groups in total. The number of nitrogens with zero attached hydrogens (tertiary/aromatic N) is 2. The molecular weight excluding hydrogens is 396 g/mol. The molecule has 130 valence electrons. The maximum Gasteiger partial charge on any atom is 0.190 e. The predicted molar refractivity (Wildman–Crippen MR) is 109 cm³/mol. The molecular formula is C20H21BrN2OS. The number of methoxy groups -OCH3 is 1. The molecule has 1 aromatic heterocycles. The van der Waals surface area contributed by atoms with Gasteiger partial charge in [0.25, 0.3) is 0 Å². The second kappa shape index (κ2) is 8.02. The molecule has 3 nitrogen and oxygen atoms in total. The molecule has 0 radical (unpaired) electrons. The number of hydrogen-bond donors (Lipinski definition) is 0. The van der Waals surface area contributed by atoms with E-state index in [-0.39, 0.29) is 0 Å². The number of aromatic nitrogens is 1. The summed E-state index contributed by atoms with van der Waals surface area (Å²) in [6, 6.07) is 16.3. The Hall–Kier alpha value is -1.85. The lowest BCUT2D eigenvalue weighted by molar-refractivity contribution is 0.416. The molecule has 0 spiro atoms. The molecule has 0 aliphatic heterocycles. The van der Waals surface area contributed by atoms with Crippen LogP contribution in [-0.2, 0) is 6.54 Å². The van der Waals surface area contributed by atoms with Crippen LogP contribution in [0.2, 0.25) is 0 Å². The van der Waals surface area contributed by atoms with Gasteiger partial charge in [0.15, 0.2) is 4.80 Å². The van der Waals surface area contributed by atoms with Gasteiger partial charge in [0.1, 0.15) is 11.4 Å². The van der Waals surface area contributed by atoms with Crippen LogP contribution in [0, 0.1) is 5.92 Å². The highest BCUT2D eigenvalue weighted by atomic mass is 79.9. The van der Waals surface area contributed by atoms with Crippen molar-refractivity contribution in [2.75, 3.05) is 7.11 Å². The number of thiazole rings is 1. The number of hydrogen-bond acceptors (Lipinski definition) is 3. The summed E-state index contributed by atoms with van der Waals surface area (Å²) >= 11 is 5.17. The smallest absolute Gasteiger partial charge is 0.190 e. The largest absolute Gasteiger partial charge is 0.494 e. The van der Waals surface area contributed by atoms with Crippen LogP contribution in [-0.4, -0.2) is 11.7 Å². The molecule has 0 amide bonds. The van der Waals surface area contributed by atoms with Crippen LogP contribution >= 0.6 is 27.3 Å². The number of ether oxygens (including phenoxy) is 1. The lowest BCUT2D eigenvalue weighted by Crippen LogP contribution is -2.18. The van der Waals surface area contributed by atoms with E-state index in [2.05, 4.69) is 64.0 Å². The van der Waals surface area contributed by atoms with Crippen LogP contribution in [0.1, 0.15) is 13.8 Å². The third-order valence-corrected chi connectivity index (χ3v) is 5.18. The summed E-state index contributed by atoms with van der Waals surface area (Å²) in [5.41, 5.74) is 3.24. The minimum Gasteiger partial charge on any atom is -0.494 e. The molecule has 0 saturated heterocycles. The molecule has 25 heavy (non-hydrogen) atoms. The van der Waals surface area contributed by atoms with E-state index in [1.807, 2.05) is 24.3 Å². The molecule has 0 saturated carbocycles. The maximum atomic E-state index is 5.44. The van der Waals surface area contributed by atoms with Gasteiger partial charge >= 0.3 is 0 Å². The number of benzene rings is 2. The zero-order chi connectivity index (χ0) is 17.8. The van der Waals surface area contributed by atoms with Crippen molar-refractivity contribution in [1.82, 2.24) is 4.57 Å². The number of rotatable bonds is 5. The van der Waals surface area contributed by atoms with Gasteiger partial charge in [-0.1, -0.05) is 54.0 Å². The summed E-state index contributed by atoms with van der Waals surface area (Å²) < 4.78 is 8.82. The van der Waals surface area contributed by atoms with E-state index in [1.54, 1.807) is 18.4 Å². The highest BCUT2D eigenvalue weighted by Crippen LogP contribution is 2.27. The molecule has 0 fully saturated rings. The van der Waals surface area contributed by atoms with Crippen molar-refractivity contribution in [1.29, 1.82) is 0 Å². The fraction of sp³-hybridized carbons (Fsp3) is 0.250. The molecule has 5 heteroatoms. The predicted octanol–water partition coefficient (Wildman–Crippen LogP) is 5.88. The van der Waals surface area contributed by atoms with Gasteiger partial charge in [0.05, 0.1) is 12.8 Å². The minimum atomic E-state index is 0.528. The van der Waals surface area contributed by atoms with E-state index >= 15 is 0 Å². The molecule has 0 aliphatic rings. The van der Waals surface area contributed by atoms with Crippen molar-refractivity contribution in [2.45, 2.75) is 20.4 Å². The van der Waals surface area contributed by atoms with Gasteiger partial charge in [0, 0.05) is 16.4 Å². The lowest BCUT2D eigenvalue weighted by atomic mass is 10.1. The summed E-state index contributed by atoms with van der Waals surface area (Å²) in [5, 5.41) is 2.18. The van der Waals surface area contributed by atoms with Crippen molar-refractivity contribution >= 4 is 33.0 Å². The standard InChI is InChI=1S/C20H21BrN2OS/c1-14(2)12-23-18(15-8-10-16(21)11-9-15)13-25-20(23)22-17-6-4-5-7-19(17)24-3/h4-11,13-14H,12H2,1-3H3. The summed E-state index contributed by atoms with van der Waals surface area (Å²) in [6.07, 6.45) is 0. The SMILES string of the molecule is COc1ccccc1N=c1scc(-c2ccc(Br)cc2)n1CC(C)C. The van der Waals surface area contributed by atoms with E-state index in [4.69, 9.17) is 9.73 Å². The van der Waals surface area contributed by atoms with E-state index in [0.717, 1.165) is 27.3 Å². The van der Waals surface area contributed by atoms with Crippen LogP contribution in [0.4, 0.5) is 5.69 Å². The Morgan fingerprint density at radius 1 is 1.12 bits per heavy atom. The summed E-state index contributed by atoms with van der Waals surface area (Å²) in [7, 11) is 1.68. The molecule has 1 heterocycles. The van der Waals surface area contributed by atoms with Crippen molar-refractivity contribution in [3.8, 4) is 17.0 Å². The molecule has 3 aromatic rings. The highest BCUT2D eigenvalue weighted by molar-refractivity contribution is 9.10. The lowest BCUT2D eigenvalue weighted by Gasteiger charge is -2.12. The molecule has 0 aliphatic carbocycles. The van der Waals surface area contributed by atoms with Gasteiger partial charge in [0.2, 0.25) is 0 Å². The first-order chi connectivity index (χ1) is 12.1. The Bertz CT molecular complexity index is 910. The monoisotopic (exact) mass is 416 g/mol. The second-order valence-electron chi connectivity index (χ2n) is 6.20. The zero-order valence-corrected chi connectivity index (χ0v) is 17.0. The molecule has 2 aromatic carbocycles. The quantitative estimate of drug-likeness (QED) is 0.510. The van der Waals surface area contributed by atoms with Crippen molar-refractivity contribution in [2.24, 2.45) is 10.9 Å². The first-order valence-corrected chi connectivity index (χ1v) is 9.87. The minimum absolute atomic E-state index is 0.528. The average molecular weight is 417 g/mol. The molecule has 0 atom stereocenters. The van der Waals surface area contributed by atoms with Gasteiger partial charge in [-0.25, -0.2) is 4.99 Å². The Kier molecular flexibility index (Phi) is 5.76. The van der Waals surface area contributed by atoms with E-state index in [1.165, 1.54) is 11.3 Å². The van der Waals surface area contributed by atoms with Crippen LogP contribution in [0.15, 0.2) is 63.4 Å². The van der Waals surface area contributed by atoms with Crippen LogP contribution < -0.4 is 9.54 Å². The summed E-state index contributed by atoms with van der Waals surface area (Å²) in [6.45, 7) is 5.37. The normalized spacial score (nSPS) is 12.0. The Balaban J connectivity index is 2.14. The number of halogens is 1. The third-order valence-electron chi connectivity index (χ3n) is 3.79. The van der Waals surface area contributed by atoms with Crippen molar-refractivity contribution in [3.63, 3.8) is 0 Å². The van der Waals surface area contributed by atoms with Crippen LogP contribution in [0.5, 0.6) is 5.75 Å². The zero-order valence-electron chi connectivity index (χ0n) is 14.6. The fourth-order valence-corrected chi connectivity index (χ4v) is 3.83. The average Bonchev–Trinajstić information content (AvgIpc) is 2.98. The fourth-order valence-electron chi connectivity index (χ4n) is 2.64. The topological polar surface area (TPSA) is 26.5 Å². The maximum absolute atomic E-state index is 5.44. The van der Waals surface area contributed by atoms with Gasteiger partial charge in [-0.15, -0.1) is 11.3 Å². The Morgan fingerprint density at radius 2 is 1.84 bits per heavy atom.